The number of benzene rings is 2. The number of H-pyrrole nitrogens is 1. The number of nitrogens with one attached hydrogen (secondary N) is 1. The van der Waals surface area contributed by atoms with Crippen molar-refractivity contribution < 1.29 is 9.53 Å². The molecule has 0 radical (unpaired) electrons. The van der Waals surface area contributed by atoms with Gasteiger partial charge in [-0.15, -0.1) is 0 Å². The van der Waals surface area contributed by atoms with Crippen molar-refractivity contribution in [3.63, 3.8) is 0 Å². The first-order valence-corrected chi connectivity index (χ1v) is 14.4. The molecule has 2 aliphatic rings. The van der Waals surface area contributed by atoms with Crippen LogP contribution < -0.4 is 4.74 Å². The number of aromatic amines is 1. The zero-order chi connectivity index (χ0) is 26.5. The number of aryl methyl sites for hydroxylation is 1. The highest BCUT2D eigenvalue weighted by molar-refractivity contribution is 6.06. The molecule has 4 heterocycles. The van der Waals surface area contributed by atoms with E-state index in [4.69, 9.17) is 4.74 Å². The number of ether oxygens (including phenoxy) is 1. The van der Waals surface area contributed by atoms with E-state index < -0.39 is 0 Å². The van der Waals surface area contributed by atoms with Crippen LogP contribution >= 0.6 is 0 Å². The Bertz CT molecular complexity index is 1390. The third-order valence-electron chi connectivity index (χ3n) is 8.67. The van der Waals surface area contributed by atoms with Crippen molar-refractivity contribution in [2.45, 2.75) is 45.1 Å². The first-order valence-electron chi connectivity index (χ1n) is 14.4. The predicted octanol–water partition coefficient (Wildman–Crippen LogP) is 6.09. The topological polar surface area (TPSA) is 61.5 Å². The van der Waals surface area contributed by atoms with Gasteiger partial charge in [-0.3, -0.25) is 14.7 Å². The van der Waals surface area contributed by atoms with Gasteiger partial charge in [0.25, 0.3) is 5.91 Å². The van der Waals surface area contributed by atoms with E-state index in [0.717, 1.165) is 80.6 Å². The van der Waals surface area contributed by atoms with Gasteiger partial charge in [0.15, 0.2) is 0 Å². The van der Waals surface area contributed by atoms with Crippen LogP contribution in [-0.2, 0) is 13.0 Å². The summed E-state index contributed by atoms with van der Waals surface area (Å²) in [4.78, 5) is 25.8. The van der Waals surface area contributed by atoms with Gasteiger partial charge in [-0.2, -0.15) is 0 Å². The Morgan fingerprint density at radius 2 is 1.85 bits per heavy atom. The molecule has 6 heteroatoms. The number of pyridine rings is 1. The number of likely N-dealkylation sites (tertiary alicyclic amines) is 1. The Morgan fingerprint density at radius 3 is 2.72 bits per heavy atom. The molecule has 0 aliphatic carbocycles. The lowest BCUT2D eigenvalue weighted by Crippen LogP contribution is -2.48. The van der Waals surface area contributed by atoms with Crippen molar-refractivity contribution in [2.75, 3.05) is 32.8 Å². The molecular formula is C33H38N4O2. The summed E-state index contributed by atoms with van der Waals surface area (Å²) in [6.07, 6.45) is 12.4. The Morgan fingerprint density at radius 1 is 0.949 bits per heavy atom. The number of carbonyl (C=O) groups is 1. The van der Waals surface area contributed by atoms with Crippen molar-refractivity contribution in [1.29, 1.82) is 0 Å². The molecule has 1 fully saturated rings. The summed E-state index contributed by atoms with van der Waals surface area (Å²) in [5.41, 5.74) is 4.55. The number of rotatable bonds is 3. The minimum Gasteiger partial charge on any atom is -0.492 e. The maximum Gasteiger partial charge on any atom is 0.254 e. The average Bonchev–Trinajstić information content (AvgIpc) is 3.45. The fourth-order valence-corrected chi connectivity index (χ4v) is 6.50. The van der Waals surface area contributed by atoms with E-state index in [1.54, 1.807) is 0 Å². The number of fused-ring (bicyclic) bond motifs is 2. The van der Waals surface area contributed by atoms with E-state index in [-0.39, 0.29) is 11.3 Å². The maximum atomic E-state index is 13.6. The lowest BCUT2D eigenvalue weighted by molar-refractivity contribution is 0.0362. The average molecular weight is 523 g/mol. The minimum absolute atomic E-state index is 0.153. The molecule has 1 saturated heterocycles. The SMILES string of the molecule is O=C(c1cccc2[nH]ccc12)N1CCC2(CCCCc3ccccc3OCCN(Cc3cccnc3)C2)CC1. The van der Waals surface area contributed by atoms with Crippen LogP contribution in [-0.4, -0.2) is 58.5 Å². The summed E-state index contributed by atoms with van der Waals surface area (Å²) in [6.45, 7) is 5.02. The second-order valence-corrected chi connectivity index (χ2v) is 11.3. The number of hydrogen-bond acceptors (Lipinski definition) is 4. The standard InChI is InChI=1S/C33H38N4O2/c38-32(29-10-5-11-30-28(29)13-18-35-30)37-19-15-33(16-20-37)14-4-3-9-27-8-1-2-12-31(27)39-22-21-36(25-33)24-26-7-6-17-34-23-26/h1-2,5-8,10-13,17-18,23,35H,3-4,9,14-16,19-22,24-25H2. The van der Waals surface area contributed by atoms with E-state index in [9.17, 15) is 4.79 Å². The molecule has 2 aromatic carbocycles. The van der Waals surface area contributed by atoms with Crippen molar-refractivity contribution >= 4 is 16.8 Å². The van der Waals surface area contributed by atoms with Gasteiger partial charge in [0.2, 0.25) is 0 Å². The predicted molar refractivity (Wildman–Crippen MR) is 155 cm³/mol. The Labute approximate surface area is 231 Å². The summed E-state index contributed by atoms with van der Waals surface area (Å²) in [5.74, 6) is 1.18. The van der Waals surface area contributed by atoms with Crippen LogP contribution in [0.3, 0.4) is 0 Å². The van der Waals surface area contributed by atoms with Crippen molar-refractivity contribution in [2.24, 2.45) is 5.41 Å². The van der Waals surface area contributed by atoms with E-state index >= 15 is 0 Å². The van der Waals surface area contributed by atoms with E-state index in [1.807, 2.05) is 48.9 Å². The molecule has 0 unspecified atom stereocenters. The number of hydrogen-bond donors (Lipinski definition) is 1. The second kappa shape index (κ2) is 11.6. The van der Waals surface area contributed by atoms with Gasteiger partial charge in [0, 0.05) is 67.8 Å². The lowest BCUT2D eigenvalue weighted by atomic mass is 9.73. The summed E-state index contributed by atoms with van der Waals surface area (Å²) in [7, 11) is 0. The van der Waals surface area contributed by atoms with Crippen LogP contribution in [0.5, 0.6) is 5.75 Å². The van der Waals surface area contributed by atoms with Crippen molar-refractivity contribution in [1.82, 2.24) is 19.8 Å². The molecule has 6 rings (SSSR count). The first-order chi connectivity index (χ1) is 19.2. The van der Waals surface area contributed by atoms with Gasteiger partial charge < -0.3 is 14.6 Å². The third-order valence-corrected chi connectivity index (χ3v) is 8.67. The Balaban J connectivity index is 1.20. The van der Waals surface area contributed by atoms with Crippen molar-refractivity contribution in [3.8, 4) is 5.75 Å². The fraction of sp³-hybridized carbons (Fsp3) is 0.394. The highest BCUT2D eigenvalue weighted by Gasteiger charge is 2.37. The molecular weight excluding hydrogens is 484 g/mol. The van der Waals surface area contributed by atoms with Gasteiger partial charge in [0.1, 0.15) is 12.4 Å². The van der Waals surface area contributed by atoms with Gasteiger partial charge in [-0.25, -0.2) is 0 Å². The molecule has 6 nitrogen and oxygen atoms in total. The second-order valence-electron chi connectivity index (χ2n) is 11.3. The zero-order valence-electron chi connectivity index (χ0n) is 22.6. The largest absolute Gasteiger partial charge is 0.492 e. The highest BCUT2D eigenvalue weighted by atomic mass is 16.5. The van der Waals surface area contributed by atoms with E-state index in [0.29, 0.717) is 6.61 Å². The summed E-state index contributed by atoms with van der Waals surface area (Å²) >= 11 is 0. The number of para-hydroxylation sites is 1. The fourth-order valence-electron chi connectivity index (χ4n) is 6.50. The van der Waals surface area contributed by atoms with Crippen LogP contribution in [0.25, 0.3) is 10.9 Å². The quantitative estimate of drug-likeness (QED) is 0.354. The van der Waals surface area contributed by atoms with Gasteiger partial charge in [0.05, 0.1) is 0 Å². The summed E-state index contributed by atoms with van der Waals surface area (Å²) in [6, 6.07) is 20.7. The molecule has 1 amide bonds. The molecule has 1 N–H and O–H groups in total. The Kier molecular flexibility index (Phi) is 7.64. The number of aromatic nitrogens is 2. The maximum absolute atomic E-state index is 13.6. The van der Waals surface area contributed by atoms with Gasteiger partial charge >= 0.3 is 0 Å². The zero-order valence-corrected chi connectivity index (χ0v) is 22.6. The van der Waals surface area contributed by atoms with Crippen LogP contribution in [0.2, 0.25) is 0 Å². The number of amides is 1. The van der Waals surface area contributed by atoms with Gasteiger partial charge in [-0.05, 0) is 79.0 Å². The van der Waals surface area contributed by atoms with Crippen LogP contribution in [0.1, 0.15) is 53.6 Å². The third kappa shape index (κ3) is 5.86. The van der Waals surface area contributed by atoms with E-state index in [1.165, 1.54) is 24.0 Å². The molecule has 4 aromatic rings. The number of carbonyl (C=O) groups excluding carboxylic acids is 1. The minimum atomic E-state index is 0.153. The summed E-state index contributed by atoms with van der Waals surface area (Å²) < 4.78 is 6.32. The van der Waals surface area contributed by atoms with E-state index in [2.05, 4.69) is 50.1 Å². The monoisotopic (exact) mass is 522 g/mol. The van der Waals surface area contributed by atoms with Crippen LogP contribution in [0, 0.1) is 5.41 Å². The molecule has 0 atom stereocenters. The molecule has 0 bridgehead atoms. The molecule has 202 valence electrons. The molecule has 2 aliphatic heterocycles. The normalized spacial score (nSPS) is 18.6. The van der Waals surface area contributed by atoms with Crippen LogP contribution in [0.15, 0.2) is 79.3 Å². The number of nitrogens with zero attached hydrogens (tertiary/aromatic N) is 3. The van der Waals surface area contributed by atoms with Gasteiger partial charge in [-0.1, -0.05) is 36.8 Å². The summed E-state index contributed by atoms with van der Waals surface area (Å²) in [5, 5.41) is 1.01. The molecule has 1 spiro atoms. The van der Waals surface area contributed by atoms with Crippen LogP contribution in [0.4, 0.5) is 0 Å². The molecule has 2 aromatic heterocycles. The molecule has 39 heavy (non-hydrogen) atoms. The number of piperidine rings is 1. The van der Waals surface area contributed by atoms with Crippen molar-refractivity contribution in [3.05, 3.63) is 95.9 Å². The molecule has 0 saturated carbocycles. The smallest absolute Gasteiger partial charge is 0.254 e. The first kappa shape index (κ1) is 25.6. The Hall–Kier alpha value is -3.64. The highest BCUT2D eigenvalue weighted by Crippen LogP contribution is 2.39. The lowest BCUT2D eigenvalue weighted by Gasteiger charge is -2.45.